The van der Waals surface area contributed by atoms with Crippen LogP contribution in [0.4, 0.5) is 4.39 Å². The van der Waals surface area contributed by atoms with Crippen molar-refractivity contribution in [1.82, 2.24) is 5.32 Å². The minimum atomic E-state index is -0.0191. The summed E-state index contributed by atoms with van der Waals surface area (Å²) in [6, 6.07) is 5.64. The number of rotatable bonds is 2. The summed E-state index contributed by atoms with van der Waals surface area (Å²) in [5.41, 5.74) is 1.62. The van der Waals surface area contributed by atoms with Gasteiger partial charge in [0.2, 0.25) is 0 Å². The van der Waals surface area contributed by atoms with Crippen LogP contribution < -0.4 is 5.32 Å². The number of benzene rings is 1. The van der Waals surface area contributed by atoms with Crippen LogP contribution in [0.3, 0.4) is 0 Å². The van der Waals surface area contributed by atoms with Crippen LogP contribution in [0.1, 0.15) is 11.1 Å². The Balaban J connectivity index is 2.14. The molecule has 0 atom stereocenters. The first-order valence-electron chi connectivity index (χ1n) is 4.72. The average molecular weight is 179 g/mol. The molecule has 1 aromatic rings. The van der Waals surface area contributed by atoms with E-state index in [-0.39, 0.29) is 5.82 Å². The molecule has 0 unspecified atom stereocenters. The van der Waals surface area contributed by atoms with Gasteiger partial charge in [-0.3, -0.25) is 0 Å². The van der Waals surface area contributed by atoms with Crippen molar-refractivity contribution in [2.75, 3.05) is 13.1 Å². The van der Waals surface area contributed by atoms with Gasteiger partial charge in [-0.15, -0.1) is 0 Å². The van der Waals surface area contributed by atoms with Crippen molar-refractivity contribution in [3.05, 3.63) is 35.1 Å². The SMILES string of the molecule is Cc1cccc(CC2CNC2)c1F. The van der Waals surface area contributed by atoms with Crippen LogP contribution in [0, 0.1) is 18.7 Å². The third-order valence-corrected chi connectivity index (χ3v) is 2.65. The maximum absolute atomic E-state index is 13.5. The molecule has 70 valence electrons. The molecule has 0 radical (unpaired) electrons. The van der Waals surface area contributed by atoms with Crippen LogP contribution in [0.5, 0.6) is 0 Å². The lowest BCUT2D eigenvalue weighted by Gasteiger charge is -2.27. The van der Waals surface area contributed by atoms with Gasteiger partial charge >= 0.3 is 0 Å². The summed E-state index contributed by atoms with van der Waals surface area (Å²) in [6.07, 6.45) is 0.876. The van der Waals surface area contributed by atoms with E-state index < -0.39 is 0 Å². The summed E-state index contributed by atoms with van der Waals surface area (Å²) in [4.78, 5) is 0. The largest absolute Gasteiger partial charge is 0.316 e. The number of nitrogens with one attached hydrogen (secondary N) is 1. The number of halogens is 1. The molecule has 1 nitrogen and oxygen atoms in total. The smallest absolute Gasteiger partial charge is 0.129 e. The van der Waals surface area contributed by atoms with Crippen LogP contribution in [0.15, 0.2) is 18.2 Å². The third-order valence-electron chi connectivity index (χ3n) is 2.65. The minimum absolute atomic E-state index is 0.0191. The topological polar surface area (TPSA) is 12.0 Å². The second kappa shape index (κ2) is 3.46. The van der Waals surface area contributed by atoms with Crippen molar-refractivity contribution in [2.24, 2.45) is 5.92 Å². The maximum atomic E-state index is 13.5. The number of hydrogen-bond acceptors (Lipinski definition) is 1. The molecule has 1 aromatic carbocycles. The van der Waals surface area contributed by atoms with Crippen LogP contribution in [0.25, 0.3) is 0 Å². The number of hydrogen-bond donors (Lipinski definition) is 1. The van der Waals surface area contributed by atoms with Gasteiger partial charge in [0.25, 0.3) is 0 Å². The van der Waals surface area contributed by atoms with Crippen LogP contribution in [-0.2, 0) is 6.42 Å². The molecule has 1 aliphatic heterocycles. The first kappa shape index (κ1) is 8.70. The standard InChI is InChI=1S/C11H14FN/c1-8-3-2-4-10(11(8)12)5-9-6-13-7-9/h2-4,9,13H,5-7H2,1H3. The Hall–Kier alpha value is -0.890. The van der Waals surface area contributed by atoms with Gasteiger partial charge in [-0.25, -0.2) is 4.39 Å². The molecule has 0 aliphatic carbocycles. The molecular weight excluding hydrogens is 165 g/mol. The normalized spacial score (nSPS) is 17.1. The van der Waals surface area contributed by atoms with Gasteiger partial charge in [0, 0.05) is 0 Å². The fourth-order valence-electron chi connectivity index (χ4n) is 1.67. The van der Waals surface area contributed by atoms with Crippen molar-refractivity contribution in [1.29, 1.82) is 0 Å². The van der Waals surface area contributed by atoms with E-state index in [0.29, 0.717) is 5.92 Å². The van der Waals surface area contributed by atoms with E-state index in [4.69, 9.17) is 0 Å². The third kappa shape index (κ3) is 1.73. The molecule has 0 bridgehead atoms. The Bertz CT molecular complexity index is 305. The lowest BCUT2D eigenvalue weighted by atomic mass is 9.93. The predicted molar refractivity (Wildman–Crippen MR) is 51.2 cm³/mol. The number of aryl methyl sites for hydroxylation is 1. The second-order valence-corrected chi connectivity index (χ2v) is 3.78. The zero-order valence-corrected chi connectivity index (χ0v) is 7.81. The van der Waals surface area contributed by atoms with Crippen molar-refractivity contribution in [2.45, 2.75) is 13.3 Å². The molecule has 0 aromatic heterocycles. The van der Waals surface area contributed by atoms with Gasteiger partial charge in [0.1, 0.15) is 5.82 Å². The van der Waals surface area contributed by atoms with Crippen LogP contribution in [-0.4, -0.2) is 13.1 Å². The molecular formula is C11H14FN. The molecule has 0 amide bonds. The first-order chi connectivity index (χ1) is 6.27. The van der Waals surface area contributed by atoms with E-state index in [1.54, 1.807) is 0 Å². The molecule has 2 heteroatoms. The van der Waals surface area contributed by atoms with Gasteiger partial charge < -0.3 is 5.32 Å². The molecule has 13 heavy (non-hydrogen) atoms. The molecule has 1 heterocycles. The molecule has 0 spiro atoms. The molecule has 1 saturated heterocycles. The minimum Gasteiger partial charge on any atom is -0.316 e. The average Bonchev–Trinajstić information content (AvgIpc) is 2.04. The van der Waals surface area contributed by atoms with Crippen molar-refractivity contribution >= 4 is 0 Å². The van der Waals surface area contributed by atoms with Gasteiger partial charge in [0.15, 0.2) is 0 Å². The first-order valence-corrected chi connectivity index (χ1v) is 4.72. The van der Waals surface area contributed by atoms with Crippen molar-refractivity contribution in [3.8, 4) is 0 Å². The zero-order valence-electron chi connectivity index (χ0n) is 7.81. The Morgan fingerprint density at radius 1 is 1.46 bits per heavy atom. The fraction of sp³-hybridized carbons (Fsp3) is 0.455. The summed E-state index contributed by atoms with van der Waals surface area (Å²) in [6.45, 7) is 3.89. The van der Waals surface area contributed by atoms with Crippen molar-refractivity contribution in [3.63, 3.8) is 0 Å². The highest BCUT2D eigenvalue weighted by Crippen LogP contribution is 2.17. The summed E-state index contributed by atoms with van der Waals surface area (Å²) in [7, 11) is 0. The molecule has 2 rings (SSSR count). The Kier molecular flexibility index (Phi) is 2.32. The van der Waals surface area contributed by atoms with Crippen LogP contribution >= 0.6 is 0 Å². The molecule has 0 saturated carbocycles. The molecule has 1 N–H and O–H groups in total. The van der Waals surface area contributed by atoms with E-state index in [1.807, 2.05) is 25.1 Å². The van der Waals surface area contributed by atoms with E-state index in [9.17, 15) is 4.39 Å². The Labute approximate surface area is 78.0 Å². The monoisotopic (exact) mass is 179 g/mol. The lowest BCUT2D eigenvalue weighted by molar-refractivity contribution is 0.342. The second-order valence-electron chi connectivity index (χ2n) is 3.78. The van der Waals surface area contributed by atoms with Gasteiger partial charge in [-0.05, 0) is 43.5 Å². The predicted octanol–water partition coefficient (Wildman–Crippen LogP) is 1.90. The summed E-state index contributed by atoms with van der Waals surface area (Å²) in [5, 5.41) is 3.19. The maximum Gasteiger partial charge on any atom is 0.129 e. The highest BCUT2D eigenvalue weighted by Gasteiger charge is 2.18. The highest BCUT2D eigenvalue weighted by molar-refractivity contribution is 5.25. The summed E-state index contributed by atoms with van der Waals surface area (Å²) in [5.74, 6) is 0.616. The van der Waals surface area contributed by atoms with E-state index in [0.717, 1.165) is 30.6 Å². The fourth-order valence-corrected chi connectivity index (χ4v) is 1.67. The lowest BCUT2D eigenvalue weighted by Crippen LogP contribution is -2.43. The zero-order chi connectivity index (χ0) is 9.26. The van der Waals surface area contributed by atoms with Crippen LogP contribution in [0.2, 0.25) is 0 Å². The molecule has 1 fully saturated rings. The van der Waals surface area contributed by atoms with Gasteiger partial charge in [0.05, 0.1) is 0 Å². The Morgan fingerprint density at radius 2 is 2.23 bits per heavy atom. The quantitative estimate of drug-likeness (QED) is 0.731. The Morgan fingerprint density at radius 3 is 2.85 bits per heavy atom. The summed E-state index contributed by atoms with van der Waals surface area (Å²) < 4.78 is 13.5. The van der Waals surface area contributed by atoms with Gasteiger partial charge in [-0.1, -0.05) is 18.2 Å². The molecule has 1 aliphatic rings. The highest BCUT2D eigenvalue weighted by atomic mass is 19.1. The van der Waals surface area contributed by atoms with E-state index >= 15 is 0 Å². The van der Waals surface area contributed by atoms with E-state index in [2.05, 4.69) is 5.32 Å². The van der Waals surface area contributed by atoms with Gasteiger partial charge in [-0.2, -0.15) is 0 Å². The summed E-state index contributed by atoms with van der Waals surface area (Å²) >= 11 is 0. The van der Waals surface area contributed by atoms with Crippen molar-refractivity contribution < 1.29 is 4.39 Å². The van der Waals surface area contributed by atoms with E-state index in [1.165, 1.54) is 0 Å².